The van der Waals surface area contributed by atoms with Crippen LogP contribution in [0.4, 0.5) is 5.69 Å². The van der Waals surface area contributed by atoms with Crippen molar-refractivity contribution in [3.8, 4) is 5.75 Å². The second-order valence-electron chi connectivity index (χ2n) is 9.50. The van der Waals surface area contributed by atoms with Crippen LogP contribution in [0.1, 0.15) is 58.4 Å². The predicted octanol–water partition coefficient (Wildman–Crippen LogP) is 4.23. The minimum atomic E-state index is -0.805. The van der Waals surface area contributed by atoms with Crippen molar-refractivity contribution in [1.82, 2.24) is 4.90 Å². The van der Waals surface area contributed by atoms with Crippen molar-refractivity contribution in [2.75, 3.05) is 24.4 Å². The number of methoxy groups -OCH3 is 1. The molecular weight excluding hydrogens is 412 g/mol. The number of carbonyl (C=O) groups excluding carboxylic acids is 3. The first-order chi connectivity index (χ1) is 14.7. The van der Waals surface area contributed by atoms with Crippen LogP contribution in [-0.4, -0.2) is 47.8 Å². The summed E-state index contributed by atoms with van der Waals surface area (Å²) in [6.07, 6.45) is 5.80. The van der Waals surface area contributed by atoms with Gasteiger partial charge in [-0.05, 0) is 54.4 Å². The fourth-order valence-electron chi connectivity index (χ4n) is 4.59. The zero-order chi connectivity index (χ0) is 22.8. The summed E-state index contributed by atoms with van der Waals surface area (Å²) in [5.74, 6) is 0.0345. The maximum Gasteiger partial charge on any atom is 0.247 e. The monoisotopic (exact) mass is 446 g/mol. The van der Waals surface area contributed by atoms with Crippen LogP contribution in [0.3, 0.4) is 0 Å². The highest BCUT2D eigenvalue weighted by molar-refractivity contribution is 7.98. The van der Waals surface area contributed by atoms with Gasteiger partial charge in [-0.1, -0.05) is 39.7 Å². The molecule has 6 nitrogen and oxygen atoms in total. The highest BCUT2D eigenvalue weighted by Crippen LogP contribution is 2.40. The van der Waals surface area contributed by atoms with E-state index in [0.29, 0.717) is 23.6 Å². The molecule has 31 heavy (non-hydrogen) atoms. The lowest BCUT2D eigenvalue weighted by Gasteiger charge is -2.27. The van der Waals surface area contributed by atoms with Gasteiger partial charge < -0.3 is 10.1 Å². The normalized spacial score (nSPS) is 22.3. The molecule has 1 aliphatic heterocycles. The molecular formula is C24H34N2O4S. The van der Waals surface area contributed by atoms with Gasteiger partial charge in [-0.15, -0.1) is 0 Å². The molecule has 3 atom stereocenters. The van der Waals surface area contributed by atoms with E-state index in [1.807, 2.05) is 24.5 Å². The molecule has 1 N–H and O–H groups in total. The summed E-state index contributed by atoms with van der Waals surface area (Å²) >= 11 is 1.60. The summed E-state index contributed by atoms with van der Waals surface area (Å²) in [6, 6.07) is 4.93. The quantitative estimate of drug-likeness (QED) is 0.635. The highest BCUT2D eigenvalue weighted by atomic mass is 32.2. The molecule has 3 amide bonds. The van der Waals surface area contributed by atoms with E-state index < -0.39 is 6.04 Å². The Hall–Kier alpha value is -2.02. The van der Waals surface area contributed by atoms with Crippen molar-refractivity contribution >= 4 is 35.2 Å². The molecule has 3 rings (SSSR count). The number of likely N-dealkylation sites (tertiary alicyclic amines) is 1. The van der Waals surface area contributed by atoms with Gasteiger partial charge in [0.05, 0.1) is 24.6 Å². The Labute approximate surface area is 189 Å². The topological polar surface area (TPSA) is 75.7 Å². The van der Waals surface area contributed by atoms with Crippen molar-refractivity contribution in [2.45, 2.75) is 64.3 Å². The first-order valence-corrected chi connectivity index (χ1v) is 12.4. The Kier molecular flexibility index (Phi) is 7.35. The second-order valence-corrected chi connectivity index (χ2v) is 10.5. The Balaban J connectivity index is 1.89. The standard InChI is InChI=1S/C24H34N2O4S/c1-24(2,3)15-10-11-20(30-4)18(14-15)25-21(27)19(12-13-31-5)26-22(28)16-8-6-7-9-17(16)23(26)29/h10-11,14,16-17,19H,6-9,12-13H2,1-5H3,(H,25,27)/t16-,17+,19-/m1/s1. The molecule has 1 aromatic rings. The summed E-state index contributed by atoms with van der Waals surface area (Å²) < 4.78 is 5.45. The molecule has 170 valence electrons. The number of benzene rings is 1. The highest BCUT2D eigenvalue weighted by Gasteiger charge is 2.51. The van der Waals surface area contributed by atoms with Gasteiger partial charge in [0.2, 0.25) is 17.7 Å². The SMILES string of the molecule is COc1ccc(C(C)(C)C)cc1NC(=O)[C@@H](CCSC)N1C(=O)[C@H]2CCCC[C@H]2C1=O. The third-order valence-corrected chi connectivity index (χ3v) is 7.05. The third-order valence-electron chi connectivity index (χ3n) is 6.41. The van der Waals surface area contributed by atoms with Crippen molar-refractivity contribution in [3.63, 3.8) is 0 Å². The van der Waals surface area contributed by atoms with E-state index >= 15 is 0 Å². The lowest BCUT2D eigenvalue weighted by atomic mass is 9.81. The van der Waals surface area contributed by atoms with Gasteiger partial charge >= 0.3 is 0 Å². The molecule has 1 heterocycles. The van der Waals surface area contributed by atoms with Gasteiger partial charge in [0.15, 0.2) is 0 Å². The number of carbonyl (C=O) groups is 3. The molecule has 7 heteroatoms. The molecule has 0 aromatic heterocycles. The molecule has 1 aliphatic carbocycles. The average Bonchev–Trinajstić information content (AvgIpc) is 2.99. The largest absolute Gasteiger partial charge is 0.495 e. The van der Waals surface area contributed by atoms with Gasteiger partial charge in [-0.25, -0.2) is 0 Å². The van der Waals surface area contributed by atoms with E-state index in [0.717, 1.165) is 31.2 Å². The third kappa shape index (κ3) is 4.92. The van der Waals surface area contributed by atoms with Crippen LogP contribution < -0.4 is 10.1 Å². The van der Waals surface area contributed by atoms with Gasteiger partial charge in [-0.2, -0.15) is 11.8 Å². The van der Waals surface area contributed by atoms with Crippen molar-refractivity contribution < 1.29 is 19.1 Å². The molecule has 0 bridgehead atoms. The predicted molar refractivity (Wildman–Crippen MR) is 124 cm³/mol. The smallest absolute Gasteiger partial charge is 0.247 e. The number of nitrogens with one attached hydrogen (secondary N) is 1. The van der Waals surface area contributed by atoms with Gasteiger partial charge in [0, 0.05) is 0 Å². The Morgan fingerprint density at radius 3 is 2.32 bits per heavy atom. The molecule has 2 fully saturated rings. The van der Waals surface area contributed by atoms with Crippen LogP contribution in [-0.2, 0) is 19.8 Å². The van der Waals surface area contributed by atoms with Crippen LogP contribution >= 0.6 is 11.8 Å². The number of hydrogen-bond donors (Lipinski definition) is 1. The Bertz CT molecular complexity index is 824. The number of imide groups is 1. The number of anilines is 1. The van der Waals surface area contributed by atoms with Gasteiger partial charge in [-0.3, -0.25) is 19.3 Å². The van der Waals surface area contributed by atoms with E-state index in [1.54, 1.807) is 18.9 Å². The van der Waals surface area contributed by atoms with E-state index in [-0.39, 0.29) is 35.0 Å². The number of thioether (sulfide) groups is 1. The maximum absolute atomic E-state index is 13.4. The molecule has 1 saturated heterocycles. The number of hydrogen-bond acceptors (Lipinski definition) is 5. The van der Waals surface area contributed by atoms with Gasteiger partial charge in [0.1, 0.15) is 11.8 Å². The van der Waals surface area contributed by atoms with E-state index in [9.17, 15) is 14.4 Å². The van der Waals surface area contributed by atoms with Crippen molar-refractivity contribution in [2.24, 2.45) is 11.8 Å². The number of amides is 3. The van der Waals surface area contributed by atoms with Gasteiger partial charge in [0.25, 0.3) is 0 Å². The van der Waals surface area contributed by atoms with Crippen LogP contribution in [0.25, 0.3) is 0 Å². The summed E-state index contributed by atoms with van der Waals surface area (Å²) in [7, 11) is 1.56. The zero-order valence-corrected chi connectivity index (χ0v) is 20.0. The lowest BCUT2D eigenvalue weighted by Crippen LogP contribution is -2.48. The summed E-state index contributed by atoms with van der Waals surface area (Å²) in [5, 5.41) is 2.96. The summed E-state index contributed by atoms with van der Waals surface area (Å²) in [6.45, 7) is 6.31. The molecule has 0 radical (unpaired) electrons. The van der Waals surface area contributed by atoms with Crippen LogP contribution in [0.5, 0.6) is 5.75 Å². The summed E-state index contributed by atoms with van der Waals surface area (Å²) in [4.78, 5) is 40.9. The number of rotatable bonds is 7. The molecule has 0 spiro atoms. The molecule has 2 aliphatic rings. The van der Waals surface area contributed by atoms with Crippen LogP contribution in [0, 0.1) is 11.8 Å². The average molecular weight is 447 g/mol. The van der Waals surface area contributed by atoms with Crippen LogP contribution in [0.15, 0.2) is 18.2 Å². The van der Waals surface area contributed by atoms with E-state index in [4.69, 9.17) is 4.74 Å². The summed E-state index contributed by atoms with van der Waals surface area (Å²) in [5.41, 5.74) is 1.52. The number of nitrogens with zero attached hydrogens (tertiary/aromatic N) is 1. The number of fused-ring (bicyclic) bond motifs is 1. The molecule has 1 aromatic carbocycles. The maximum atomic E-state index is 13.4. The Morgan fingerprint density at radius 2 is 1.81 bits per heavy atom. The number of ether oxygens (including phenoxy) is 1. The first-order valence-electron chi connectivity index (χ1n) is 11.0. The van der Waals surface area contributed by atoms with Crippen molar-refractivity contribution in [1.29, 1.82) is 0 Å². The van der Waals surface area contributed by atoms with E-state index in [2.05, 4.69) is 26.1 Å². The molecule has 1 saturated carbocycles. The Morgan fingerprint density at radius 1 is 1.19 bits per heavy atom. The fourth-order valence-corrected chi connectivity index (χ4v) is 5.05. The fraction of sp³-hybridized carbons (Fsp3) is 0.625. The van der Waals surface area contributed by atoms with E-state index in [1.165, 1.54) is 4.90 Å². The van der Waals surface area contributed by atoms with Crippen molar-refractivity contribution in [3.05, 3.63) is 23.8 Å². The minimum absolute atomic E-state index is 0.0966. The lowest BCUT2D eigenvalue weighted by molar-refractivity contribution is -0.146. The second kappa shape index (κ2) is 9.63. The zero-order valence-electron chi connectivity index (χ0n) is 19.2. The van der Waals surface area contributed by atoms with Crippen LogP contribution in [0.2, 0.25) is 0 Å². The minimum Gasteiger partial charge on any atom is -0.495 e. The molecule has 0 unspecified atom stereocenters. The first kappa shape index (κ1) is 23.6.